The third kappa shape index (κ3) is 4.44. The lowest BCUT2D eigenvalue weighted by molar-refractivity contribution is 0.159. The van der Waals surface area contributed by atoms with E-state index >= 15 is 0 Å². The molecule has 2 aromatic rings. The highest BCUT2D eigenvalue weighted by Gasteiger charge is 2.29. The van der Waals surface area contributed by atoms with Crippen LogP contribution in [0.3, 0.4) is 0 Å². The minimum Gasteiger partial charge on any atom is -0.492 e. The lowest BCUT2D eigenvalue weighted by Crippen LogP contribution is -2.49. The quantitative estimate of drug-likeness (QED) is 0.780. The molecule has 0 unspecified atom stereocenters. The molecule has 0 N–H and O–H groups in total. The number of ether oxygens (including phenoxy) is 1. The first-order valence-corrected chi connectivity index (χ1v) is 10.4. The zero-order valence-corrected chi connectivity index (χ0v) is 16.2. The summed E-state index contributed by atoms with van der Waals surface area (Å²) in [6.07, 6.45) is 0. The van der Waals surface area contributed by atoms with Gasteiger partial charge in [-0.15, -0.1) is 0 Å². The molecule has 26 heavy (non-hydrogen) atoms. The van der Waals surface area contributed by atoms with E-state index in [9.17, 15) is 8.42 Å². The summed E-state index contributed by atoms with van der Waals surface area (Å²) in [4.78, 5) is 2.66. The first-order valence-electron chi connectivity index (χ1n) is 8.94. The summed E-state index contributed by atoms with van der Waals surface area (Å²) in [6, 6.07) is 15.2. The van der Waals surface area contributed by atoms with Crippen molar-refractivity contribution in [1.29, 1.82) is 0 Å². The smallest absolute Gasteiger partial charge is 0.243 e. The average molecular weight is 375 g/mol. The van der Waals surface area contributed by atoms with Crippen molar-refractivity contribution in [2.45, 2.75) is 18.7 Å². The number of rotatable bonds is 6. The van der Waals surface area contributed by atoms with Crippen molar-refractivity contribution in [2.24, 2.45) is 0 Å². The van der Waals surface area contributed by atoms with Crippen LogP contribution in [0.25, 0.3) is 0 Å². The lowest BCUT2D eigenvalue weighted by Gasteiger charge is -2.34. The Bertz CT molecular complexity index is 844. The maximum absolute atomic E-state index is 12.8. The van der Waals surface area contributed by atoms with Gasteiger partial charge in [0.1, 0.15) is 12.4 Å². The van der Waals surface area contributed by atoms with Crippen LogP contribution in [-0.2, 0) is 10.0 Å². The number of hydrogen-bond donors (Lipinski definition) is 0. The zero-order valence-electron chi connectivity index (χ0n) is 15.4. The van der Waals surface area contributed by atoms with Crippen LogP contribution in [0.1, 0.15) is 11.1 Å². The van der Waals surface area contributed by atoms with Crippen LogP contribution in [0, 0.1) is 13.8 Å². The van der Waals surface area contributed by atoms with E-state index in [0.29, 0.717) is 24.6 Å². The zero-order chi connectivity index (χ0) is 18.6. The van der Waals surface area contributed by atoms with Gasteiger partial charge in [0.05, 0.1) is 4.90 Å². The number of benzene rings is 2. The van der Waals surface area contributed by atoms with Crippen molar-refractivity contribution >= 4 is 10.0 Å². The Morgan fingerprint density at radius 2 is 1.69 bits per heavy atom. The molecule has 0 aliphatic carbocycles. The molecule has 0 aromatic heterocycles. The van der Waals surface area contributed by atoms with Crippen molar-refractivity contribution in [1.82, 2.24) is 9.21 Å². The average Bonchev–Trinajstić information content (AvgIpc) is 2.62. The largest absolute Gasteiger partial charge is 0.492 e. The van der Waals surface area contributed by atoms with Crippen LogP contribution in [0.4, 0.5) is 0 Å². The van der Waals surface area contributed by atoms with E-state index in [4.69, 9.17) is 4.74 Å². The maximum atomic E-state index is 12.8. The van der Waals surface area contributed by atoms with Gasteiger partial charge in [0.25, 0.3) is 0 Å². The van der Waals surface area contributed by atoms with Gasteiger partial charge >= 0.3 is 0 Å². The number of sulfonamides is 1. The number of aryl methyl sites for hydroxylation is 2. The summed E-state index contributed by atoms with van der Waals surface area (Å²) in [5, 5.41) is 0. The molecular weight excluding hydrogens is 348 g/mol. The van der Waals surface area contributed by atoms with E-state index in [1.165, 1.54) is 5.56 Å². The van der Waals surface area contributed by atoms with Gasteiger partial charge in [-0.05, 0) is 43.2 Å². The molecule has 0 spiro atoms. The first-order chi connectivity index (χ1) is 12.5. The third-order valence-electron chi connectivity index (χ3n) is 4.71. The van der Waals surface area contributed by atoms with E-state index in [2.05, 4.69) is 4.90 Å². The monoisotopic (exact) mass is 374 g/mol. The molecule has 1 fully saturated rings. The minimum atomic E-state index is -3.41. The summed E-state index contributed by atoms with van der Waals surface area (Å²) in [5.41, 5.74) is 1.97. The Kier molecular flexibility index (Phi) is 5.96. The molecule has 0 atom stereocenters. The lowest BCUT2D eigenvalue weighted by atomic mass is 10.2. The third-order valence-corrected chi connectivity index (χ3v) is 6.77. The Morgan fingerprint density at radius 3 is 2.38 bits per heavy atom. The van der Waals surface area contributed by atoms with Crippen molar-refractivity contribution in [2.75, 3.05) is 39.3 Å². The van der Waals surface area contributed by atoms with E-state index in [1.807, 2.05) is 50.2 Å². The summed E-state index contributed by atoms with van der Waals surface area (Å²) in [7, 11) is -3.41. The Hall–Kier alpha value is -1.89. The van der Waals surface area contributed by atoms with Gasteiger partial charge in [-0.3, -0.25) is 4.90 Å². The van der Waals surface area contributed by atoms with Gasteiger partial charge in [-0.1, -0.05) is 30.3 Å². The van der Waals surface area contributed by atoms with Crippen LogP contribution < -0.4 is 4.74 Å². The Labute approximate surface area is 156 Å². The molecule has 2 aromatic carbocycles. The number of piperazine rings is 1. The SMILES string of the molecule is Cc1cccc(OCCN2CCN(S(=O)(=O)c3ccccc3C)CC2)c1. The predicted octanol–water partition coefficient (Wildman–Crippen LogP) is 2.69. The highest BCUT2D eigenvalue weighted by Crippen LogP contribution is 2.21. The fraction of sp³-hybridized carbons (Fsp3) is 0.400. The summed E-state index contributed by atoms with van der Waals surface area (Å²) in [6.45, 7) is 7.76. The molecule has 6 heteroatoms. The second-order valence-corrected chi connectivity index (χ2v) is 8.58. The highest BCUT2D eigenvalue weighted by atomic mass is 32.2. The molecule has 0 radical (unpaired) electrons. The summed E-state index contributed by atoms with van der Waals surface area (Å²) < 4.78 is 33.0. The van der Waals surface area contributed by atoms with Crippen LogP contribution >= 0.6 is 0 Å². The molecule has 1 aliphatic heterocycles. The molecule has 0 amide bonds. The van der Waals surface area contributed by atoms with Crippen molar-refractivity contribution in [3.8, 4) is 5.75 Å². The highest BCUT2D eigenvalue weighted by molar-refractivity contribution is 7.89. The van der Waals surface area contributed by atoms with Crippen LogP contribution in [0.15, 0.2) is 53.4 Å². The molecule has 5 nitrogen and oxygen atoms in total. The van der Waals surface area contributed by atoms with Gasteiger partial charge in [-0.25, -0.2) is 8.42 Å². The van der Waals surface area contributed by atoms with E-state index < -0.39 is 10.0 Å². The second-order valence-electron chi connectivity index (χ2n) is 6.68. The van der Waals surface area contributed by atoms with Gasteiger partial charge in [0.15, 0.2) is 0 Å². The molecule has 1 saturated heterocycles. The van der Waals surface area contributed by atoms with Crippen molar-refractivity contribution < 1.29 is 13.2 Å². The molecule has 0 saturated carbocycles. The molecule has 1 heterocycles. The fourth-order valence-corrected chi connectivity index (χ4v) is 4.82. The summed E-state index contributed by atoms with van der Waals surface area (Å²) in [5.74, 6) is 0.880. The van der Waals surface area contributed by atoms with E-state index in [-0.39, 0.29) is 0 Å². The first kappa shape index (κ1) is 18.9. The number of nitrogens with zero attached hydrogens (tertiary/aromatic N) is 2. The van der Waals surface area contributed by atoms with E-state index in [1.54, 1.807) is 16.4 Å². The van der Waals surface area contributed by atoms with Crippen molar-refractivity contribution in [3.05, 3.63) is 59.7 Å². The predicted molar refractivity (Wildman–Crippen MR) is 103 cm³/mol. The van der Waals surface area contributed by atoms with Gasteiger partial charge in [0, 0.05) is 32.7 Å². The van der Waals surface area contributed by atoms with Crippen LogP contribution in [-0.4, -0.2) is 57.0 Å². The van der Waals surface area contributed by atoms with Gasteiger partial charge in [0.2, 0.25) is 10.0 Å². The van der Waals surface area contributed by atoms with E-state index in [0.717, 1.165) is 30.9 Å². The molecular formula is C20H26N2O3S. The number of hydrogen-bond acceptors (Lipinski definition) is 4. The molecule has 0 bridgehead atoms. The van der Waals surface area contributed by atoms with Gasteiger partial charge < -0.3 is 4.74 Å². The summed E-state index contributed by atoms with van der Waals surface area (Å²) >= 11 is 0. The molecule has 3 rings (SSSR count). The fourth-order valence-electron chi connectivity index (χ4n) is 3.18. The minimum absolute atomic E-state index is 0.413. The Morgan fingerprint density at radius 1 is 0.962 bits per heavy atom. The normalized spacial score (nSPS) is 16.5. The Balaban J connectivity index is 1.50. The van der Waals surface area contributed by atoms with Gasteiger partial charge in [-0.2, -0.15) is 4.31 Å². The van der Waals surface area contributed by atoms with Crippen LogP contribution in [0.5, 0.6) is 5.75 Å². The van der Waals surface area contributed by atoms with Crippen molar-refractivity contribution in [3.63, 3.8) is 0 Å². The standard InChI is InChI=1S/C20H26N2O3S/c1-17-6-5-8-19(16-17)25-15-14-21-10-12-22(13-11-21)26(23,24)20-9-4-3-7-18(20)2/h3-9,16H,10-15H2,1-2H3. The van der Waals surface area contributed by atoms with Crippen LogP contribution in [0.2, 0.25) is 0 Å². The maximum Gasteiger partial charge on any atom is 0.243 e. The topological polar surface area (TPSA) is 49.9 Å². The molecule has 1 aliphatic rings. The molecule has 140 valence electrons. The second kappa shape index (κ2) is 8.20.